The molecule has 0 atom stereocenters. The lowest BCUT2D eigenvalue weighted by Gasteiger charge is -1.64. The Kier molecular flexibility index (Phi) is 1.07. The van der Waals surface area contributed by atoms with Gasteiger partial charge in [0, 0.05) is 0 Å². The van der Waals surface area contributed by atoms with E-state index in [4.69, 9.17) is 0 Å². The monoisotopic (exact) mass is 61.1 g/mol. The minimum atomic E-state index is 1.19. The highest BCUT2D eigenvalue weighted by Gasteiger charge is 2.00. The van der Waals surface area contributed by atoms with Crippen molar-refractivity contribution in [3.05, 3.63) is 0 Å². The zero-order chi connectivity index (χ0) is 3.54. The summed E-state index contributed by atoms with van der Waals surface area (Å²) >= 11 is 0. The fourth-order valence-corrected chi connectivity index (χ4v) is 0.481. The molecular weight excluding hydrogens is 56.5 g/mol. The van der Waals surface area contributed by atoms with Gasteiger partial charge in [-0.15, -0.1) is 12.4 Å². The van der Waals surface area contributed by atoms with Gasteiger partial charge in [-0.2, -0.15) is 0 Å². The van der Waals surface area contributed by atoms with E-state index in [-0.39, 0.29) is 0 Å². The predicted molar refractivity (Wildman–Crippen MR) is 26.9 cm³/mol. The highest BCUT2D eigenvalue weighted by molar-refractivity contribution is 7.10. The van der Waals surface area contributed by atoms with Crippen molar-refractivity contribution in [3.8, 4) is 0 Å². The van der Waals surface area contributed by atoms with Crippen LogP contribution in [0.15, 0.2) is 0 Å². The molecule has 1 fully saturated rings. The molecule has 3 radical (unpaired) electrons. The molecule has 1 rings (SSSR count). The summed E-state index contributed by atoms with van der Waals surface area (Å²) < 4.78 is 0. The van der Waals surface area contributed by atoms with Crippen molar-refractivity contribution < 1.29 is 0 Å². The van der Waals surface area contributed by atoms with E-state index in [1.54, 1.807) is 0 Å². The van der Waals surface area contributed by atoms with E-state index in [1.807, 2.05) is 0 Å². The van der Waals surface area contributed by atoms with E-state index in [0.29, 0.717) is 0 Å². The summed E-state index contributed by atoms with van der Waals surface area (Å²) in [6.45, 7) is 0. The van der Waals surface area contributed by atoms with Crippen molar-refractivity contribution in [2.24, 2.45) is 0 Å². The van der Waals surface area contributed by atoms with Crippen LogP contribution in [0.4, 0.5) is 0 Å². The molecule has 21 valence electrons. The summed E-state index contributed by atoms with van der Waals surface area (Å²) in [7, 11) is 6.61. The second kappa shape index (κ2) is 1.59. The molecular formula is C2H4B3. The molecule has 0 bridgehead atoms. The Morgan fingerprint density at radius 1 is 1.00 bits per heavy atom. The summed E-state index contributed by atoms with van der Waals surface area (Å²) in [4.78, 5) is 0. The maximum atomic E-state index is 2.25. The van der Waals surface area contributed by atoms with Gasteiger partial charge in [0.2, 0.25) is 0 Å². The van der Waals surface area contributed by atoms with Crippen molar-refractivity contribution in [3.63, 3.8) is 0 Å². The molecule has 0 aromatic rings. The van der Waals surface area contributed by atoms with Crippen LogP contribution in [-0.2, 0) is 0 Å². The van der Waals surface area contributed by atoms with E-state index >= 15 is 0 Å². The summed E-state index contributed by atoms with van der Waals surface area (Å²) in [5.74, 6) is 0. The molecule has 0 N–H and O–H groups in total. The van der Waals surface area contributed by atoms with Crippen LogP contribution in [-0.4, -0.2) is 21.6 Å². The van der Waals surface area contributed by atoms with Crippen LogP contribution in [0.25, 0.3) is 0 Å². The first-order chi connectivity index (χ1) is 2.50. The van der Waals surface area contributed by atoms with Crippen molar-refractivity contribution >= 4 is 21.6 Å². The van der Waals surface area contributed by atoms with Crippen LogP contribution < -0.4 is 0 Å². The Morgan fingerprint density at radius 2 is 1.60 bits per heavy atom. The lowest BCUT2D eigenvalue weighted by molar-refractivity contribution is 1.96. The smallest absolute Gasteiger partial charge is 0.0901 e. The highest BCUT2D eigenvalue weighted by atomic mass is 13.4. The van der Waals surface area contributed by atoms with E-state index in [9.17, 15) is 0 Å². The summed E-state index contributed by atoms with van der Waals surface area (Å²) in [6, 6.07) is 0. The quantitative estimate of drug-likeness (QED) is 0.339. The molecule has 0 saturated carbocycles. The van der Waals surface area contributed by atoms with Crippen LogP contribution in [0.5, 0.6) is 0 Å². The topological polar surface area (TPSA) is 0 Å². The van der Waals surface area contributed by atoms with Gasteiger partial charge in [-0.1, -0.05) is 0 Å². The first kappa shape index (κ1) is 3.39. The van der Waals surface area contributed by atoms with E-state index in [2.05, 4.69) is 21.6 Å². The third-order valence-electron chi connectivity index (χ3n) is 0.772. The van der Waals surface area contributed by atoms with Crippen LogP contribution >= 0.6 is 0 Å². The average Bonchev–Trinajstić information content (AvgIpc) is 1.76. The van der Waals surface area contributed by atoms with E-state index in [0.717, 1.165) is 0 Å². The zero-order valence-corrected chi connectivity index (χ0v) is 3.15. The van der Waals surface area contributed by atoms with Crippen molar-refractivity contribution in [2.75, 3.05) is 0 Å². The van der Waals surface area contributed by atoms with Crippen LogP contribution in [0.3, 0.4) is 0 Å². The Hall–Kier alpha value is 0.195. The van der Waals surface area contributed by atoms with Crippen LogP contribution in [0.1, 0.15) is 0 Å². The fraction of sp³-hybridized carbons (Fsp3) is 1.00. The molecule has 1 heterocycles. The first-order valence-electron chi connectivity index (χ1n) is 1.97. The summed E-state index contributed by atoms with van der Waals surface area (Å²) in [5.41, 5.74) is 0. The third kappa shape index (κ3) is 0.749. The van der Waals surface area contributed by atoms with Gasteiger partial charge < -0.3 is 0 Å². The average molecular weight is 60.5 g/mol. The van der Waals surface area contributed by atoms with Gasteiger partial charge in [0.1, 0.15) is 0 Å². The van der Waals surface area contributed by atoms with Gasteiger partial charge in [-0.25, -0.2) is 0 Å². The Labute approximate surface area is 35.0 Å². The van der Waals surface area contributed by atoms with Gasteiger partial charge >= 0.3 is 0 Å². The second-order valence-corrected chi connectivity index (χ2v) is 1.23. The molecule has 0 nitrogen and oxygen atoms in total. The molecule has 0 amide bonds. The van der Waals surface area contributed by atoms with E-state index < -0.39 is 0 Å². The SMILES string of the molecule is [B]1[B]C[B]C1. The Morgan fingerprint density at radius 3 is 1.80 bits per heavy atom. The minimum Gasteiger partial charge on any atom is -0.114 e. The molecule has 3 heteroatoms. The van der Waals surface area contributed by atoms with Crippen molar-refractivity contribution in [1.29, 1.82) is 0 Å². The molecule has 0 unspecified atom stereocenters. The largest absolute Gasteiger partial charge is 0.114 e. The molecule has 0 aliphatic carbocycles. The first-order valence-corrected chi connectivity index (χ1v) is 1.97. The fourth-order valence-electron chi connectivity index (χ4n) is 0.481. The molecule has 0 spiro atoms. The summed E-state index contributed by atoms with van der Waals surface area (Å²) in [6.07, 6.45) is 2.39. The van der Waals surface area contributed by atoms with Gasteiger partial charge in [0.25, 0.3) is 0 Å². The standard InChI is InChI=1S/C2H4B3/c1-3-2-5-4-1/h1-2H2. The normalized spacial score (nSPS) is 19.2. The number of hydrogen-bond donors (Lipinski definition) is 0. The van der Waals surface area contributed by atoms with E-state index in [1.165, 1.54) is 12.4 Å². The molecule has 1 saturated heterocycles. The Bertz CT molecular complexity index is 16.5. The molecule has 0 aromatic heterocycles. The predicted octanol–water partition coefficient (Wildman–Crippen LogP) is -0.221. The third-order valence-corrected chi connectivity index (χ3v) is 0.772. The maximum Gasteiger partial charge on any atom is 0.0901 e. The van der Waals surface area contributed by atoms with Gasteiger partial charge in [-0.05, 0) is 0 Å². The zero-order valence-electron chi connectivity index (χ0n) is 3.15. The summed E-state index contributed by atoms with van der Waals surface area (Å²) in [5, 5.41) is 0. The van der Waals surface area contributed by atoms with Gasteiger partial charge in [0.05, 0.1) is 21.6 Å². The van der Waals surface area contributed by atoms with Crippen molar-refractivity contribution in [1.82, 2.24) is 0 Å². The molecule has 0 aromatic carbocycles. The number of hydrogen-bond acceptors (Lipinski definition) is 0. The molecule has 5 heavy (non-hydrogen) atoms. The minimum absolute atomic E-state index is 1.19. The Balaban J connectivity index is 2.08. The second-order valence-electron chi connectivity index (χ2n) is 1.23. The maximum absolute atomic E-state index is 2.25. The highest BCUT2D eigenvalue weighted by Crippen LogP contribution is 1.89. The molecule has 1 aliphatic heterocycles. The number of rotatable bonds is 0. The van der Waals surface area contributed by atoms with Gasteiger partial charge in [0.15, 0.2) is 0 Å². The lowest BCUT2D eigenvalue weighted by atomic mass is 9.43. The van der Waals surface area contributed by atoms with Crippen molar-refractivity contribution in [2.45, 2.75) is 12.4 Å². The lowest BCUT2D eigenvalue weighted by Crippen LogP contribution is -1.86. The molecule has 1 aliphatic rings. The van der Waals surface area contributed by atoms with Crippen LogP contribution in [0.2, 0.25) is 12.4 Å². The van der Waals surface area contributed by atoms with Gasteiger partial charge in [-0.3, -0.25) is 0 Å². The van der Waals surface area contributed by atoms with Crippen LogP contribution in [0, 0.1) is 0 Å².